The zero-order valence-electron chi connectivity index (χ0n) is 16.3. The number of carbonyl (C=O) groups is 2. The van der Waals surface area contributed by atoms with Gasteiger partial charge in [-0.3, -0.25) is 14.5 Å². The molecule has 2 amide bonds. The van der Waals surface area contributed by atoms with E-state index in [4.69, 9.17) is 5.73 Å². The van der Waals surface area contributed by atoms with Gasteiger partial charge in [0, 0.05) is 43.4 Å². The molecule has 1 fully saturated rings. The molecule has 8 nitrogen and oxygen atoms in total. The van der Waals surface area contributed by atoms with Gasteiger partial charge in [-0.15, -0.1) is 0 Å². The molecule has 2 aromatic carbocycles. The van der Waals surface area contributed by atoms with Gasteiger partial charge in [0.1, 0.15) is 5.52 Å². The first-order valence-electron chi connectivity index (χ1n) is 9.59. The average molecular weight is 392 g/mol. The molecule has 0 radical (unpaired) electrons. The highest BCUT2D eigenvalue weighted by Crippen LogP contribution is 2.20. The van der Waals surface area contributed by atoms with E-state index in [0.29, 0.717) is 17.6 Å². The number of amides is 2. The largest absolute Gasteiger partial charge is 0.366 e. The van der Waals surface area contributed by atoms with E-state index in [0.717, 1.165) is 42.9 Å². The molecule has 1 aliphatic heterocycles. The summed E-state index contributed by atoms with van der Waals surface area (Å²) in [6.07, 6.45) is 1.85. The fraction of sp³-hybridized carbons (Fsp3) is 0.286. The molecule has 1 aromatic heterocycles. The van der Waals surface area contributed by atoms with E-state index in [2.05, 4.69) is 27.3 Å². The van der Waals surface area contributed by atoms with Gasteiger partial charge in [-0.1, -0.05) is 12.1 Å². The molecule has 0 aliphatic carbocycles. The number of piperazine rings is 1. The van der Waals surface area contributed by atoms with Gasteiger partial charge in [0.05, 0.1) is 17.8 Å². The predicted octanol–water partition coefficient (Wildman–Crippen LogP) is 1.31. The van der Waals surface area contributed by atoms with Crippen LogP contribution in [-0.2, 0) is 4.79 Å². The molecule has 4 rings (SSSR count). The summed E-state index contributed by atoms with van der Waals surface area (Å²) < 4.78 is 1.70. The molecular weight excluding hydrogens is 368 g/mol. The van der Waals surface area contributed by atoms with Crippen molar-refractivity contribution in [2.45, 2.75) is 0 Å². The lowest BCUT2D eigenvalue weighted by Crippen LogP contribution is -2.47. The van der Waals surface area contributed by atoms with Gasteiger partial charge in [-0.2, -0.15) is 5.10 Å². The minimum absolute atomic E-state index is 0.0155. The summed E-state index contributed by atoms with van der Waals surface area (Å²) in [5.41, 5.74) is 7.97. The Morgan fingerprint density at radius 3 is 2.48 bits per heavy atom. The fourth-order valence-corrected chi connectivity index (χ4v) is 3.48. The molecular formula is C21H24N6O2. The highest BCUT2D eigenvalue weighted by atomic mass is 16.2. The normalized spacial score (nSPS) is 15.5. The molecule has 29 heavy (non-hydrogen) atoms. The van der Waals surface area contributed by atoms with E-state index in [-0.39, 0.29) is 5.91 Å². The van der Waals surface area contributed by atoms with Crippen molar-refractivity contribution >= 4 is 28.4 Å². The van der Waals surface area contributed by atoms with Crippen molar-refractivity contribution in [1.29, 1.82) is 0 Å². The summed E-state index contributed by atoms with van der Waals surface area (Å²) >= 11 is 0. The molecule has 0 spiro atoms. The van der Waals surface area contributed by atoms with Crippen molar-refractivity contribution in [3.63, 3.8) is 0 Å². The summed E-state index contributed by atoms with van der Waals surface area (Å²) in [6, 6.07) is 12.8. The van der Waals surface area contributed by atoms with E-state index in [1.54, 1.807) is 16.8 Å². The number of anilines is 1. The number of rotatable bonds is 5. The number of fused-ring (bicyclic) bond motifs is 1. The number of likely N-dealkylation sites (N-methyl/N-ethyl adjacent to an activating group) is 1. The van der Waals surface area contributed by atoms with Crippen LogP contribution in [0.3, 0.4) is 0 Å². The third-order valence-electron chi connectivity index (χ3n) is 5.18. The Morgan fingerprint density at radius 2 is 1.79 bits per heavy atom. The topological polar surface area (TPSA) is 96.5 Å². The average Bonchev–Trinajstić information content (AvgIpc) is 3.14. The Hall–Kier alpha value is -3.23. The zero-order chi connectivity index (χ0) is 20.4. The lowest BCUT2D eigenvalue weighted by atomic mass is 10.1. The van der Waals surface area contributed by atoms with Crippen LogP contribution in [0.2, 0.25) is 0 Å². The molecule has 0 saturated carbocycles. The Kier molecular flexibility index (Phi) is 5.28. The van der Waals surface area contributed by atoms with Gasteiger partial charge in [-0.25, -0.2) is 4.68 Å². The van der Waals surface area contributed by atoms with Crippen molar-refractivity contribution in [1.82, 2.24) is 19.6 Å². The number of carbonyl (C=O) groups excluding carboxylic acids is 2. The van der Waals surface area contributed by atoms with Gasteiger partial charge in [-0.05, 0) is 37.4 Å². The minimum Gasteiger partial charge on any atom is -0.366 e. The van der Waals surface area contributed by atoms with E-state index in [1.165, 1.54) is 0 Å². The van der Waals surface area contributed by atoms with Crippen LogP contribution in [0.4, 0.5) is 5.69 Å². The third-order valence-corrected chi connectivity index (χ3v) is 5.18. The summed E-state index contributed by atoms with van der Waals surface area (Å²) in [4.78, 5) is 28.3. The first kappa shape index (κ1) is 19.1. The lowest BCUT2D eigenvalue weighted by Gasteiger charge is -2.31. The molecule has 150 valence electrons. The summed E-state index contributed by atoms with van der Waals surface area (Å²) in [5.74, 6) is -0.516. The van der Waals surface area contributed by atoms with Gasteiger partial charge in [0.2, 0.25) is 5.91 Å². The lowest BCUT2D eigenvalue weighted by molar-refractivity contribution is -0.117. The van der Waals surface area contributed by atoms with E-state index < -0.39 is 5.91 Å². The van der Waals surface area contributed by atoms with E-state index in [1.807, 2.05) is 36.5 Å². The molecule has 0 unspecified atom stereocenters. The fourth-order valence-electron chi connectivity index (χ4n) is 3.48. The van der Waals surface area contributed by atoms with Crippen LogP contribution < -0.4 is 11.1 Å². The van der Waals surface area contributed by atoms with Gasteiger partial charge >= 0.3 is 0 Å². The Balaban J connectivity index is 1.44. The maximum atomic E-state index is 12.3. The first-order chi connectivity index (χ1) is 14.0. The quantitative estimate of drug-likeness (QED) is 0.683. The van der Waals surface area contributed by atoms with Crippen LogP contribution in [0.1, 0.15) is 10.4 Å². The summed E-state index contributed by atoms with van der Waals surface area (Å²) in [5, 5.41) is 8.28. The molecule has 3 aromatic rings. The van der Waals surface area contributed by atoms with Crippen LogP contribution in [0, 0.1) is 0 Å². The van der Waals surface area contributed by atoms with Crippen LogP contribution in [0.15, 0.2) is 48.7 Å². The molecule has 1 saturated heterocycles. The smallest absolute Gasteiger partial charge is 0.250 e. The van der Waals surface area contributed by atoms with Crippen LogP contribution >= 0.6 is 0 Å². The number of nitrogens with one attached hydrogen (secondary N) is 1. The molecule has 2 heterocycles. The second kappa shape index (κ2) is 8.02. The van der Waals surface area contributed by atoms with Crippen LogP contribution in [0.5, 0.6) is 0 Å². The molecule has 0 bridgehead atoms. The van der Waals surface area contributed by atoms with E-state index in [9.17, 15) is 9.59 Å². The summed E-state index contributed by atoms with van der Waals surface area (Å²) in [7, 11) is 2.09. The highest BCUT2D eigenvalue weighted by Gasteiger charge is 2.16. The van der Waals surface area contributed by atoms with Gasteiger partial charge < -0.3 is 16.0 Å². The number of aromatic nitrogens is 2. The van der Waals surface area contributed by atoms with Gasteiger partial charge in [0.15, 0.2) is 0 Å². The SMILES string of the molecule is CN1CCN(CC(=O)Nc2ccc(-n3cc4cccc(C(N)=O)c4n3)cc2)CC1. The molecule has 8 heteroatoms. The molecule has 0 atom stereocenters. The standard InChI is InChI=1S/C21H24N6O2/c1-25-9-11-26(12-10-25)14-19(28)23-16-5-7-17(8-6-16)27-13-15-3-2-4-18(21(22)29)20(15)24-27/h2-8,13H,9-12,14H2,1H3,(H2,22,29)(H,23,28). The Labute approximate surface area is 168 Å². The number of hydrogen-bond acceptors (Lipinski definition) is 5. The minimum atomic E-state index is -0.501. The van der Waals surface area contributed by atoms with Crippen molar-refractivity contribution in [2.75, 3.05) is 45.1 Å². The number of primary amides is 1. The van der Waals surface area contributed by atoms with Gasteiger partial charge in [0.25, 0.3) is 5.91 Å². The number of nitrogens with zero attached hydrogens (tertiary/aromatic N) is 4. The summed E-state index contributed by atoms with van der Waals surface area (Å²) in [6.45, 7) is 4.18. The molecule has 3 N–H and O–H groups in total. The van der Waals surface area contributed by atoms with E-state index >= 15 is 0 Å². The number of nitrogens with two attached hydrogens (primary N) is 1. The second-order valence-corrected chi connectivity index (χ2v) is 7.36. The van der Waals surface area contributed by atoms with Crippen LogP contribution in [-0.4, -0.2) is 71.2 Å². The first-order valence-corrected chi connectivity index (χ1v) is 9.59. The number of benzene rings is 2. The van der Waals surface area contributed by atoms with Crippen LogP contribution in [0.25, 0.3) is 16.6 Å². The van der Waals surface area contributed by atoms with Crippen molar-refractivity contribution in [2.24, 2.45) is 5.73 Å². The van der Waals surface area contributed by atoms with Crippen molar-refractivity contribution in [3.8, 4) is 5.69 Å². The third kappa shape index (κ3) is 4.28. The Bertz CT molecular complexity index is 1040. The predicted molar refractivity (Wildman–Crippen MR) is 112 cm³/mol. The Morgan fingerprint density at radius 1 is 1.07 bits per heavy atom. The molecule has 1 aliphatic rings. The maximum absolute atomic E-state index is 12.3. The van der Waals surface area contributed by atoms with Crippen molar-refractivity contribution < 1.29 is 9.59 Å². The zero-order valence-corrected chi connectivity index (χ0v) is 16.3. The maximum Gasteiger partial charge on any atom is 0.250 e. The second-order valence-electron chi connectivity index (χ2n) is 7.36. The highest BCUT2D eigenvalue weighted by molar-refractivity contribution is 6.04. The number of hydrogen-bond donors (Lipinski definition) is 2. The monoisotopic (exact) mass is 392 g/mol. The van der Waals surface area contributed by atoms with Crippen molar-refractivity contribution in [3.05, 3.63) is 54.2 Å².